The Morgan fingerprint density at radius 1 is 1.56 bits per heavy atom. The number of likely N-dealkylation sites (N-methyl/N-ethyl adjacent to an activating group) is 1. The maximum absolute atomic E-state index is 13.5. The van der Waals surface area contributed by atoms with Gasteiger partial charge in [-0.1, -0.05) is 40.5 Å². The fourth-order valence-electron chi connectivity index (χ4n) is 1.48. The Hall–Kier alpha value is -0.610. The van der Waals surface area contributed by atoms with Crippen LogP contribution in [0.1, 0.15) is 18.9 Å². The van der Waals surface area contributed by atoms with Gasteiger partial charge in [0.25, 0.3) is 0 Å². The first-order chi connectivity index (χ1) is 8.41. The first-order valence-corrected chi connectivity index (χ1v) is 7.02. The summed E-state index contributed by atoms with van der Waals surface area (Å²) in [5.74, 6) is -0.562. The first kappa shape index (κ1) is 15.4. The summed E-state index contributed by atoms with van der Waals surface area (Å²) in [5.41, 5.74) is 0.267. The number of hydrogen-bond donors (Lipinski definition) is 0. The molecule has 1 aromatic carbocycles. The van der Waals surface area contributed by atoms with Crippen LogP contribution in [0.15, 0.2) is 18.2 Å². The number of benzene rings is 1. The number of nitrogens with zero attached hydrogens (tertiary/aromatic N) is 1. The lowest BCUT2D eigenvalue weighted by Crippen LogP contribution is -2.30. The number of amides is 1. The van der Waals surface area contributed by atoms with Crippen LogP contribution >= 0.6 is 27.5 Å². The van der Waals surface area contributed by atoms with Gasteiger partial charge in [-0.25, -0.2) is 4.39 Å². The van der Waals surface area contributed by atoms with Gasteiger partial charge in [-0.15, -0.1) is 0 Å². The Balaban J connectivity index is 2.64. The lowest BCUT2D eigenvalue weighted by Gasteiger charge is -2.18. The van der Waals surface area contributed by atoms with Crippen LogP contribution in [0, 0.1) is 5.82 Å². The second-order valence-electron chi connectivity index (χ2n) is 4.26. The second kappa shape index (κ2) is 7.10. The molecule has 0 spiro atoms. The molecule has 2 nitrogen and oxygen atoms in total. The zero-order valence-electron chi connectivity index (χ0n) is 10.4. The van der Waals surface area contributed by atoms with Crippen molar-refractivity contribution < 1.29 is 9.18 Å². The van der Waals surface area contributed by atoms with Crippen molar-refractivity contribution in [2.24, 2.45) is 0 Å². The van der Waals surface area contributed by atoms with Gasteiger partial charge in [-0.05, 0) is 18.6 Å². The average molecular weight is 337 g/mol. The predicted octanol–water partition coefficient (Wildman–Crippen LogP) is 3.65. The molecule has 100 valence electrons. The highest BCUT2D eigenvalue weighted by atomic mass is 79.9. The molecule has 0 radical (unpaired) electrons. The van der Waals surface area contributed by atoms with Crippen LogP contribution in [-0.2, 0) is 11.2 Å². The highest BCUT2D eigenvalue weighted by molar-refractivity contribution is 9.09. The van der Waals surface area contributed by atoms with Gasteiger partial charge in [-0.2, -0.15) is 0 Å². The smallest absolute Gasteiger partial charge is 0.226 e. The molecule has 0 aliphatic carbocycles. The Morgan fingerprint density at radius 3 is 2.78 bits per heavy atom. The van der Waals surface area contributed by atoms with Crippen molar-refractivity contribution in [1.29, 1.82) is 0 Å². The molecule has 0 saturated carbocycles. The fourth-order valence-corrected chi connectivity index (χ4v) is 1.92. The minimum absolute atomic E-state index is 0.00132. The van der Waals surface area contributed by atoms with Gasteiger partial charge < -0.3 is 4.90 Å². The second-order valence-corrected chi connectivity index (χ2v) is 6.23. The van der Waals surface area contributed by atoms with Crippen LogP contribution in [0.25, 0.3) is 0 Å². The Kier molecular flexibility index (Phi) is 6.09. The molecule has 0 saturated heterocycles. The Morgan fingerprint density at radius 2 is 2.22 bits per heavy atom. The molecule has 0 bridgehead atoms. The molecule has 5 heteroatoms. The molecular weight excluding hydrogens is 321 g/mol. The number of rotatable bonds is 5. The molecular formula is C13H16BrClFNO. The molecule has 1 atom stereocenters. The van der Waals surface area contributed by atoms with Gasteiger partial charge in [0, 0.05) is 29.0 Å². The molecule has 18 heavy (non-hydrogen) atoms. The maximum atomic E-state index is 13.5. The van der Waals surface area contributed by atoms with E-state index in [1.54, 1.807) is 18.0 Å². The van der Waals surface area contributed by atoms with E-state index in [1.807, 2.05) is 6.92 Å². The number of carbonyl (C=O) groups excluding carboxylic acids is 1. The van der Waals surface area contributed by atoms with Crippen molar-refractivity contribution in [3.05, 3.63) is 34.6 Å². The summed E-state index contributed by atoms with van der Waals surface area (Å²) in [6.07, 6.45) is 0.853. The largest absolute Gasteiger partial charge is 0.345 e. The van der Waals surface area contributed by atoms with E-state index in [1.165, 1.54) is 12.1 Å². The zero-order chi connectivity index (χ0) is 13.7. The third-order valence-electron chi connectivity index (χ3n) is 2.68. The van der Waals surface area contributed by atoms with Crippen LogP contribution in [0.4, 0.5) is 4.39 Å². The summed E-state index contributed by atoms with van der Waals surface area (Å²) in [6.45, 7) is 2.66. The van der Waals surface area contributed by atoms with Gasteiger partial charge in [0.2, 0.25) is 5.91 Å². The van der Waals surface area contributed by atoms with Crippen LogP contribution in [0.5, 0.6) is 0 Å². The third kappa shape index (κ3) is 4.58. The predicted molar refractivity (Wildman–Crippen MR) is 75.8 cm³/mol. The lowest BCUT2D eigenvalue weighted by molar-refractivity contribution is -0.129. The monoisotopic (exact) mass is 335 g/mol. The third-order valence-corrected chi connectivity index (χ3v) is 3.49. The van der Waals surface area contributed by atoms with Gasteiger partial charge in [-0.3, -0.25) is 4.79 Å². The van der Waals surface area contributed by atoms with E-state index < -0.39 is 5.82 Å². The van der Waals surface area contributed by atoms with Gasteiger partial charge in [0.1, 0.15) is 5.82 Å². The van der Waals surface area contributed by atoms with Gasteiger partial charge in [0.15, 0.2) is 0 Å². The molecule has 1 aromatic rings. The number of carbonyl (C=O) groups is 1. The summed E-state index contributed by atoms with van der Waals surface area (Å²) in [4.78, 5) is 13.9. The quantitative estimate of drug-likeness (QED) is 0.752. The Labute approximate surface area is 120 Å². The molecule has 0 heterocycles. The molecule has 1 rings (SSSR count). The zero-order valence-corrected chi connectivity index (χ0v) is 12.8. The molecule has 0 N–H and O–H groups in total. The number of hydrogen-bond acceptors (Lipinski definition) is 1. The van der Waals surface area contributed by atoms with E-state index in [-0.39, 0.29) is 17.9 Å². The number of halogens is 3. The van der Waals surface area contributed by atoms with Gasteiger partial charge >= 0.3 is 0 Å². The van der Waals surface area contributed by atoms with Crippen LogP contribution < -0.4 is 0 Å². The van der Waals surface area contributed by atoms with E-state index in [2.05, 4.69) is 15.9 Å². The lowest BCUT2D eigenvalue weighted by atomic mass is 10.1. The van der Waals surface area contributed by atoms with Crippen molar-refractivity contribution in [2.75, 3.05) is 13.6 Å². The van der Waals surface area contributed by atoms with Crippen molar-refractivity contribution in [2.45, 2.75) is 24.6 Å². The maximum Gasteiger partial charge on any atom is 0.226 e. The summed E-state index contributed by atoms with van der Waals surface area (Å²) >= 11 is 9.31. The van der Waals surface area contributed by atoms with E-state index in [0.29, 0.717) is 16.4 Å². The number of alkyl halides is 1. The van der Waals surface area contributed by atoms with Crippen molar-refractivity contribution in [3.8, 4) is 0 Å². The first-order valence-electron chi connectivity index (χ1n) is 5.72. The SMILES string of the molecule is CC(Br)CCN(C)C(=O)Cc1c(F)cccc1Cl. The standard InChI is InChI=1S/C13H16BrClFNO/c1-9(14)6-7-17(2)13(18)8-10-11(15)4-3-5-12(10)16/h3-5,9H,6-8H2,1-2H3. The average Bonchev–Trinajstić information content (AvgIpc) is 2.30. The molecule has 0 aromatic heterocycles. The van der Waals surface area contributed by atoms with E-state index in [0.717, 1.165) is 6.42 Å². The topological polar surface area (TPSA) is 20.3 Å². The Bertz CT molecular complexity index is 405. The van der Waals surface area contributed by atoms with Crippen LogP contribution in [-0.4, -0.2) is 29.2 Å². The summed E-state index contributed by atoms with van der Waals surface area (Å²) in [7, 11) is 1.71. The highest BCUT2D eigenvalue weighted by Crippen LogP contribution is 2.20. The highest BCUT2D eigenvalue weighted by Gasteiger charge is 2.15. The van der Waals surface area contributed by atoms with E-state index in [4.69, 9.17) is 11.6 Å². The van der Waals surface area contributed by atoms with Crippen molar-refractivity contribution >= 4 is 33.4 Å². The van der Waals surface area contributed by atoms with E-state index in [9.17, 15) is 9.18 Å². The van der Waals surface area contributed by atoms with Crippen LogP contribution in [0.2, 0.25) is 5.02 Å². The summed E-state index contributed by atoms with van der Waals surface area (Å²) in [6, 6.07) is 4.44. The fraction of sp³-hybridized carbons (Fsp3) is 0.462. The van der Waals surface area contributed by atoms with Crippen molar-refractivity contribution in [3.63, 3.8) is 0 Å². The molecule has 0 fully saturated rings. The van der Waals surface area contributed by atoms with Gasteiger partial charge in [0.05, 0.1) is 6.42 Å². The summed E-state index contributed by atoms with van der Waals surface area (Å²) in [5, 5.41) is 0.297. The van der Waals surface area contributed by atoms with E-state index >= 15 is 0 Å². The normalized spacial score (nSPS) is 12.3. The van der Waals surface area contributed by atoms with Crippen molar-refractivity contribution in [1.82, 2.24) is 4.90 Å². The van der Waals surface area contributed by atoms with Crippen LogP contribution in [0.3, 0.4) is 0 Å². The minimum Gasteiger partial charge on any atom is -0.345 e. The summed E-state index contributed by atoms with van der Waals surface area (Å²) < 4.78 is 13.5. The molecule has 0 aliphatic rings. The molecule has 0 aliphatic heterocycles. The minimum atomic E-state index is -0.432. The molecule has 1 unspecified atom stereocenters. The molecule has 1 amide bonds.